The molecular formula is C16H23NO4. The predicted octanol–water partition coefficient (Wildman–Crippen LogP) is 2.39. The number of benzene rings is 1. The van der Waals surface area contributed by atoms with Gasteiger partial charge < -0.3 is 14.6 Å². The Labute approximate surface area is 125 Å². The van der Waals surface area contributed by atoms with Gasteiger partial charge in [-0.25, -0.2) is 0 Å². The third-order valence-corrected chi connectivity index (χ3v) is 4.36. The standard InChI is InChI=1S/C16H23NO4/c1-16(15(18)19)6-8-17(9-7-16)11-12-10-13(20-2)4-5-14(12)21-3/h4-5,10H,6-9,11H2,1-3H3,(H,18,19). The Kier molecular flexibility index (Phi) is 4.73. The van der Waals surface area contributed by atoms with Gasteiger partial charge in [0.15, 0.2) is 0 Å². The second kappa shape index (κ2) is 6.35. The van der Waals surface area contributed by atoms with Crippen molar-refractivity contribution < 1.29 is 19.4 Å². The van der Waals surface area contributed by atoms with Gasteiger partial charge in [0.2, 0.25) is 0 Å². The molecule has 2 rings (SSSR count). The van der Waals surface area contributed by atoms with Crippen LogP contribution in [0.2, 0.25) is 0 Å². The lowest BCUT2D eigenvalue weighted by Crippen LogP contribution is -2.42. The highest BCUT2D eigenvalue weighted by molar-refractivity contribution is 5.74. The summed E-state index contributed by atoms with van der Waals surface area (Å²) < 4.78 is 10.6. The van der Waals surface area contributed by atoms with E-state index < -0.39 is 11.4 Å². The SMILES string of the molecule is COc1ccc(OC)c(CN2CCC(C)(C(=O)O)CC2)c1. The number of carboxylic acids is 1. The maximum atomic E-state index is 11.3. The number of hydrogen-bond acceptors (Lipinski definition) is 4. The smallest absolute Gasteiger partial charge is 0.309 e. The minimum Gasteiger partial charge on any atom is -0.497 e. The second-order valence-electron chi connectivity index (χ2n) is 5.82. The Morgan fingerprint density at radius 2 is 1.95 bits per heavy atom. The lowest BCUT2D eigenvalue weighted by Gasteiger charge is -2.36. The topological polar surface area (TPSA) is 59.0 Å². The summed E-state index contributed by atoms with van der Waals surface area (Å²) in [6.45, 7) is 4.14. The van der Waals surface area contributed by atoms with Gasteiger partial charge >= 0.3 is 5.97 Å². The van der Waals surface area contributed by atoms with Crippen molar-refractivity contribution >= 4 is 5.97 Å². The van der Waals surface area contributed by atoms with Crippen molar-refractivity contribution in [3.05, 3.63) is 23.8 Å². The number of aliphatic carboxylic acids is 1. The van der Waals surface area contributed by atoms with E-state index in [4.69, 9.17) is 9.47 Å². The van der Waals surface area contributed by atoms with Crippen LogP contribution in [0, 0.1) is 5.41 Å². The largest absolute Gasteiger partial charge is 0.497 e. The van der Waals surface area contributed by atoms with Gasteiger partial charge in [0, 0.05) is 12.1 Å². The first-order valence-corrected chi connectivity index (χ1v) is 7.15. The minimum absolute atomic E-state index is 0.588. The Balaban J connectivity index is 2.05. The third-order valence-electron chi connectivity index (χ3n) is 4.36. The number of carbonyl (C=O) groups is 1. The highest BCUT2D eigenvalue weighted by Gasteiger charge is 2.36. The quantitative estimate of drug-likeness (QED) is 0.903. The van der Waals surface area contributed by atoms with Crippen molar-refractivity contribution in [3.63, 3.8) is 0 Å². The molecule has 5 heteroatoms. The van der Waals surface area contributed by atoms with Crippen molar-refractivity contribution in [3.8, 4) is 11.5 Å². The van der Waals surface area contributed by atoms with E-state index >= 15 is 0 Å². The van der Waals surface area contributed by atoms with Crippen LogP contribution in [-0.2, 0) is 11.3 Å². The number of hydrogen-bond donors (Lipinski definition) is 1. The second-order valence-corrected chi connectivity index (χ2v) is 5.82. The fourth-order valence-corrected chi connectivity index (χ4v) is 2.66. The van der Waals surface area contributed by atoms with E-state index in [-0.39, 0.29) is 0 Å². The molecule has 0 unspecified atom stereocenters. The summed E-state index contributed by atoms with van der Waals surface area (Å²) in [6.07, 6.45) is 1.35. The van der Waals surface area contributed by atoms with Crippen molar-refractivity contribution in [1.29, 1.82) is 0 Å². The van der Waals surface area contributed by atoms with Gasteiger partial charge in [0.1, 0.15) is 11.5 Å². The summed E-state index contributed by atoms with van der Waals surface area (Å²) in [5, 5.41) is 9.27. The van der Waals surface area contributed by atoms with Gasteiger partial charge in [-0.15, -0.1) is 0 Å². The lowest BCUT2D eigenvalue weighted by atomic mass is 9.80. The van der Waals surface area contributed by atoms with E-state index in [2.05, 4.69) is 4.90 Å². The number of rotatable bonds is 5. The van der Waals surface area contributed by atoms with E-state index in [1.54, 1.807) is 14.2 Å². The van der Waals surface area contributed by atoms with E-state index in [1.807, 2.05) is 25.1 Å². The summed E-state index contributed by atoms with van der Waals surface area (Å²) >= 11 is 0. The summed E-state index contributed by atoms with van der Waals surface area (Å²) in [5.74, 6) is 0.946. The van der Waals surface area contributed by atoms with Crippen LogP contribution in [0.3, 0.4) is 0 Å². The van der Waals surface area contributed by atoms with E-state index in [0.29, 0.717) is 12.8 Å². The Morgan fingerprint density at radius 3 is 2.48 bits per heavy atom. The Morgan fingerprint density at radius 1 is 1.29 bits per heavy atom. The lowest BCUT2D eigenvalue weighted by molar-refractivity contribution is -0.150. The molecule has 5 nitrogen and oxygen atoms in total. The monoisotopic (exact) mass is 293 g/mol. The Bertz CT molecular complexity index is 507. The zero-order valence-corrected chi connectivity index (χ0v) is 12.9. The van der Waals surface area contributed by atoms with Gasteiger partial charge in [-0.05, 0) is 51.1 Å². The fourth-order valence-electron chi connectivity index (χ4n) is 2.66. The molecule has 21 heavy (non-hydrogen) atoms. The van der Waals surface area contributed by atoms with Crippen LogP contribution < -0.4 is 9.47 Å². The van der Waals surface area contributed by atoms with Crippen LogP contribution in [0.4, 0.5) is 0 Å². The number of ether oxygens (including phenoxy) is 2. The molecule has 0 saturated carbocycles. The number of nitrogens with zero attached hydrogens (tertiary/aromatic N) is 1. The molecule has 1 aromatic rings. The average Bonchev–Trinajstić information content (AvgIpc) is 2.49. The van der Waals surface area contributed by atoms with Crippen molar-refractivity contribution in [1.82, 2.24) is 4.90 Å². The van der Waals surface area contributed by atoms with Crippen LogP contribution in [0.1, 0.15) is 25.3 Å². The molecule has 1 N–H and O–H groups in total. The molecule has 0 amide bonds. The molecule has 1 aliphatic rings. The van der Waals surface area contributed by atoms with Gasteiger partial charge in [0.25, 0.3) is 0 Å². The zero-order chi connectivity index (χ0) is 15.5. The van der Waals surface area contributed by atoms with Crippen LogP contribution in [0.15, 0.2) is 18.2 Å². The third kappa shape index (κ3) is 3.47. The fraction of sp³-hybridized carbons (Fsp3) is 0.562. The van der Waals surface area contributed by atoms with Gasteiger partial charge in [-0.1, -0.05) is 0 Å². The van der Waals surface area contributed by atoms with Crippen molar-refractivity contribution in [2.75, 3.05) is 27.3 Å². The number of methoxy groups -OCH3 is 2. The summed E-state index contributed by atoms with van der Waals surface area (Å²) in [6, 6.07) is 5.75. The molecule has 0 aromatic heterocycles. The zero-order valence-electron chi connectivity index (χ0n) is 12.9. The molecule has 1 fully saturated rings. The molecule has 0 atom stereocenters. The maximum absolute atomic E-state index is 11.3. The molecule has 1 aromatic carbocycles. The minimum atomic E-state index is -0.693. The average molecular weight is 293 g/mol. The van der Waals surface area contributed by atoms with Crippen LogP contribution in [0.25, 0.3) is 0 Å². The molecule has 1 saturated heterocycles. The first-order chi connectivity index (χ1) is 9.98. The van der Waals surface area contributed by atoms with Gasteiger partial charge in [-0.2, -0.15) is 0 Å². The highest BCUT2D eigenvalue weighted by Crippen LogP contribution is 2.33. The molecule has 0 radical (unpaired) electrons. The predicted molar refractivity (Wildman–Crippen MR) is 79.8 cm³/mol. The van der Waals surface area contributed by atoms with E-state index in [0.717, 1.165) is 36.7 Å². The summed E-state index contributed by atoms with van der Waals surface area (Å²) in [5.41, 5.74) is 0.477. The molecular weight excluding hydrogens is 270 g/mol. The van der Waals surface area contributed by atoms with E-state index in [1.165, 1.54) is 0 Å². The molecule has 0 aliphatic carbocycles. The molecule has 1 heterocycles. The molecule has 1 aliphatic heterocycles. The van der Waals surface area contributed by atoms with E-state index in [9.17, 15) is 9.90 Å². The summed E-state index contributed by atoms with van der Waals surface area (Å²) in [4.78, 5) is 13.5. The van der Waals surface area contributed by atoms with Crippen molar-refractivity contribution in [2.24, 2.45) is 5.41 Å². The maximum Gasteiger partial charge on any atom is 0.309 e. The molecule has 0 spiro atoms. The normalized spacial score (nSPS) is 18.2. The van der Waals surface area contributed by atoms with Gasteiger partial charge in [-0.3, -0.25) is 9.69 Å². The number of piperidine rings is 1. The molecule has 116 valence electrons. The highest BCUT2D eigenvalue weighted by atomic mass is 16.5. The van der Waals surface area contributed by atoms with Crippen LogP contribution >= 0.6 is 0 Å². The van der Waals surface area contributed by atoms with Crippen molar-refractivity contribution in [2.45, 2.75) is 26.3 Å². The number of carboxylic acid groups (broad SMARTS) is 1. The van der Waals surface area contributed by atoms with Crippen LogP contribution in [0.5, 0.6) is 11.5 Å². The summed E-state index contributed by atoms with van der Waals surface area (Å²) in [7, 11) is 3.30. The Hall–Kier alpha value is -1.75. The van der Waals surface area contributed by atoms with Crippen LogP contribution in [-0.4, -0.2) is 43.3 Å². The molecule has 0 bridgehead atoms. The van der Waals surface area contributed by atoms with Gasteiger partial charge in [0.05, 0.1) is 19.6 Å². The first-order valence-electron chi connectivity index (χ1n) is 7.15. The number of likely N-dealkylation sites (tertiary alicyclic amines) is 1. The first kappa shape index (κ1) is 15.6.